The number of carboxylic acid groups (broad SMARTS) is 1. The maximum atomic E-state index is 11.2. The Balaban J connectivity index is 4.04. The van der Waals surface area contributed by atoms with Gasteiger partial charge >= 0.3 is 5.97 Å². The van der Waals surface area contributed by atoms with Crippen molar-refractivity contribution < 1.29 is 19.5 Å². The van der Waals surface area contributed by atoms with Crippen LogP contribution in [0.15, 0.2) is 0 Å². The molecule has 0 saturated carbocycles. The van der Waals surface area contributed by atoms with Crippen LogP contribution in [0.1, 0.15) is 26.7 Å². The Labute approximate surface area is 87.8 Å². The van der Waals surface area contributed by atoms with E-state index < -0.39 is 17.3 Å². The summed E-state index contributed by atoms with van der Waals surface area (Å²) in [5.41, 5.74) is 4.21. The number of hydrogen-bond donors (Lipinski definition) is 3. The van der Waals surface area contributed by atoms with Gasteiger partial charge in [-0.15, -0.1) is 0 Å². The summed E-state index contributed by atoms with van der Waals surface area (Å²) in [4.78, 5) is 32.1. The fraction of sp³-hybridized carbons (Fsp3) is 0.667. The first-order chi connectivity index (χ1) is 6.73. The molecule has 0 aromatic carbocycles. The van der Waals surface area contributed by atoms with Crippen LogP contribution in [0.2, 0.25) is 0 Å². The molecule has 0 aliphatic rings. The van der Waals surface area contributed by atoms with Crippen molar-refractivity contribution in [3.05, 3.63) is 0 Å². The van der Waals surface area contributed by atoms with E-state index >= 15 is 0 Å². The fourth-order valence-corrected chi connectivity index (χ4v) is 1.15. The molecular weight excluding hydrogens is 200 g/mol. The first-order valence-electron chi connectivity index (χ1n) is 4.50. The van der Waals surface area contributed by atoms with Gasteiger partial charge in [0.15, 0.2) is 0 Å². The second-order valence-corrected chi connectivity index (χ2v) is 4.15. The third-order valence-corrected chi connectivity index (χ3v) is 1.73. The molecule has 0 aliphatic carbocycles. The van der Waals surface area contributed by atoms with E-state index in [0.717, 1.165) is 0 Å². The molecule has 6 heteroatoms. The van der Waals surface area contributed by atoms with E-state index in [1.54, 1.807) is 13.8 Å². The molecular formula is C9H16N2O4. The molecule has 4 N–H and O–H groups in total. The van der Waals surface area contributed by atoms with Gasteiger partial charge in [-0.1, -0.05) is 13.8 Å². The lowest BCUT2D eigenvalue weighted by molar-refractivity contribution is -0.139. The largest absolute Gasteiger partial charge is 0.481 e. The number of primary amides is 1. The Hall–Kier alpha value is -1.59. The Morgan fingerprint density at radius 2 is 1.80 bits per heavy atom. The van der Waals surface area contributed by atoms with Crippen LogP contribution < -0.4 is 11.1 Å². The van der Waals surface area contributed by atoms with Crippen molar-refractivity contribution in [2.75, 3.05) is 6.54 Å². The normalized spacial score (nSPS) is 10.8. The lowest BCUT2D eigenvalue weighted by atomic mass is 9.85. The molecule has 0 aliphatic heterocycles. The molecule has 0 heterocycles. The van der Waals surface area contributed by atoms with Crippen molar-refractivity contribution in [3.63, 3.8) is 0 Å². The average Bonchev–Trinajstić information content (AvgIpc) is 1.96. The quantitative estimate of drug-likeness (QED) is 0.554. The smallest absolute Gasteiger partial charge is 0.303 e. The summed E-state index contributed by atoms with van der Waals surface area (Å²) in [5, 5.41) is 10.9. The maximum absolute atomic E-state index is 11.2. The van der Waals surface area contributed by atoms with Crippen LogP contribution in [0.25, 0.3) is 0 Å². The standard InChI is InChI=1S/C9H16N2O4/c1-9(2,4-8(14)15)3-7(13)11-5-6(10)12/h3-5H2,1-2H3,(H2,10,12)(H,11,13)(H,14,15). The van der Waals surface area contributed by atoms with Crippen molar-refractivity contribution in [2.45, 2.75) is 26.7 Å². The number of rotatable bonds is 6. The zero-order valence-electron chi connectivity index (χ0n) is 8.87. The Bertz CT molecular complexity index is 273. The highest BCUT2D eigenvalue weighted by molar-refractivity contribution is 5.84. The van der Waals surface area contributed by atoms with Gasteiger partial charge in [-0.05, 0) is 5.41 Å². The van der Waals surface area contributed by atoms with Gasteiger partial charge in [-0.3, -0.25) is 14.4 Å². The summed E-state index contributed by atoms with van der Waals surface area (Å²) in [6, 6.07) is 0. The minimum atomic E-state index is -0.956. The predicted molar refractivity (Wildman–Crippen MR) is 52.9 cm³/mol. The Kier molecular flexibility index (Phi) is 4.77. The van der Waals surface area contributed by atoms with Gasteiger partial charge in [0.25, 0.3) is 0 Å². The molecule has 0 saturated heterocycles. The molecule has 0 aromatic rings. The molecule has 0 spiro atoms. The fourth-order valence-electron chi connectivity index (χ4n) is 1.15. The number of hydrogen-bond acceptors (Lipinski definition) is 3. The first-order valence-corrected chi connectivity index (χ1v) is 4.50. The minimum Gasteiger partial charge on any atom is -0.481 e. The first kappa shape index (κ1) is 13.4. The van der Waals surface area contributed by atoms with E-state index in [9.17, 15) is 14.4 Å². The molecule has 0 unspecified atom stereocenters. The van der Waals surface area contributed by atoms with E-state index in [0.29, 0.717) is 0 Å². The molecule has 86 valence electrons. The Morgan fingerprint density at radius 3 is 2.20 bits per heavy atom. The highest BCUT2D eigenvalue weighted by Gasteiger charge is 2.25. The van der Waals surface area contributed by atoms with Gasteiger partial charge in [0.2, 0.25) is 11.8 Å². The van der Waals surface area contributed by atoms with Crippen LogP contribution in [-0.4, -0.2) is 29.4 Å². The lowest BCUT2D eigenvalue weighted by Crippen LogP contribution is -2.36. The van der Waals surface area contributed by atoms with Crippen molar-refractivity contribution in [1.82, 2.24) is 5.32 Å². The van der Waals surface area contributed by atoms with Gasteiger partial charge in [0, 0.05) is 6.42 Å². The monoisotopic (exact) mass is 216 g/mol. The maximum Gasteiger partial charge on any atom is 0.303 e. The number of amides is 2. The van der Waals surface area contributed by atoms with E-state index in [1.807, 2.05) is 0 Å². The molecule has 0 aromatic heterocycles. The number of carbonyl (C=O) groups is 3. The second-order valence-electron chi connectivity index (χ2n) is 4.15. The highest BCUT2D eigenvalue weighted by Crippen LogP contribution is 2.24. The van der Waals surface area contributed by atoms with Gasteiger partial charge < -0.3 is 16.2 Å². The van der Waals surface area contributed by atoms with Gasteiger partial charge in [0.1, 0.15) is 0 Å². The SMILES string of the molecule is CC(C)(CC(=O)O)CC(=O)NCC(N)=O. The van der Waals surface area contributed by atoms with E-state index in [2.05, 4.69) is 5.32 Å². The Morgan fingerprint density at radius 1 is 1.27 bits per heavy atom. The van der Waals surface area contributed by atoms with Crippen molar-refractivity contribution >= 4 is 17.8 Å². The number of nitrogens with one attached hydrogen (secondary N) is 1. The second kappa shape index (κ2) is 5.33. The zero-order chi connectivity index (χ0) is 12.1. The summed E-state index contributed by atoms with van der Waals surface area (Å²) >= 11 is 0. The summed E-state index contributed by atoms with van der Waals surface area (Å²) in [7, 11) is 0. The van der Waals surface area contributed by atoms with Gasteiger partial charge in [0.05, 0.1) is 13.0 Å². The van der Waals surface area contributed by atoms with Crippen molar-refractivity contribution in [3.8, 4) is 0 Å². The van der Waals surface area contributed by atoms with Crippen molar-refractivity contribution in [2.24, 2.45) is 11.1 Å². The summed E-state index contributed by atoms with van der Waals surface area (Å²) in [6.45, 7) is 3.12. The topological polar surface area (TPSA) is 109 Å². The molecule has 2 amide bonds. The minimum absolute atomic E-state index is 0.0482. The average molecular weight is 216 g/mol. The third-order valence-electron chi connectivity index (χ3n) is 1.73. The van der Waals surface area contributed by atoms with Gasteiger partial charge in [-0.25, -0.2) is 0 Å². The van der Waals surface area contributed by atoms with E-state index in [4.69, 9.17) is 10.8 Å². The highest BCUT2D eigenvalue weighted by atomic mass is 16.4. The molecule has 15 heavy (non-hydrogen) atoms. The molecule has 0 fully saturated rings. The van der Waals surface area contributed by atoms with Crippen LogP contribution in [0.3, 0.4) is 0 Å². The number of carbonyl (C=O) groups excluding carboxylic acids is 2. The van der Waals surface area contributed by atoms with Crippen LogP contribution in [0.4, 0.5) is 0 Å². The predicted octanol–water partition coefficient (Wildman–Crippen LogP) is -0.521. The summed E-state index contributed by atoms with van der Waals surface area (Å²) < 4.78 is 0. The molecule has 0 bridgehead atoms. The van der Waals surface area contributed by atoms with Crippen LogP contribution in [-0.2, 0) is 14.4 Å². The summed E-state index contributed by atoms with van der Waals surface area (Å²) in [5.74, 6) is -1.96. The van der Waals surface area contributed by atoms with E-state index in [-0.39, 0.29) is 25.3 Å². The third kappa shape index (κ3) is 7.48. The van der Waals surface area contributed by atoms with Crippen LogP contribution >= 0.6 is 0 Å². The zero-order valence-corrected chi connectivity index (χ0v) is 8.87. The van der Waals surface area contributed by atoms with Crippen LogP contribution in [0.5, 0.6) is 0 Å². The number of carboxylic acids is 1. The summed E-state index contributed by atoms with van der Waals surface area (Å²) in [6.07, 6.45) is -0.0520. The van der Waals surface area contributed by atoms with Crippen LogP contribution in [0, 0.1) is 5.41 Å². The molecule has 0 rings (SSSR count). The number of aliphatic carboxylic acids is 1. The molecule has 0 atom stereocenters. The molecule has 0 radical (unpaired) electrons. The number of nitrogens with two attached hydrogens (primary N) is 1. The molecule has 6 nitrogen and oxygen atoms in total. The van der Waals surface area contributed by atoms with E-state index in [1.165, 1.54) is 0 Å². The van der Waals surface area contributed by atoms with Crippen molar-refractivity contribution in [1.29, 1.82) is 0 Å². The lowest BCUT2D eigenvalue weighted by Gasteiger charge is -2.21. The van der Waals surface area contributed by atoms with Gasteiger partial charge in [-0.2, -0.15) is 0 Å².